The lowest BCUT2D eigenvalue weighted by Crippen LogP contribution is -2.39. The van der Waals surface area contributed by atoms with Crippen LogP contribution in [-0.2, 0) is 9.59 Å². The Hall–Kier alpha value is -2.41. The summed E-state index contributed by atoms with van der Waals surface area (Å²) in [6, 6.07) is 5.74. The van der Waals surface area contributed by atoms with Gasteiger partial charge in [0.05, 0.1) is 11.4 Å². The van der Waals surface area contributed by atoms with Crippen LogP contribution < -0.4 is 15.0 Å². The minimum absolute atomic E-state index is 0.00635. The highest BCUT2D eigenvalue weighted by Gasteiger charge is 2.25. The molecule has 1 N–H and O–H groups in total. The first kappa shape index (κ1) is 19.4. The standard InChI is InChI=1S/C20H25N3O3S/c1-4-9-23-16-10-14(7-8-17(16)26-11-18(23)24)15-12-27-20(21-15)22-19(25)13(5-2)6-3/h7-8,10,12-13H,4-6,9,11H2,1-3H3,(H,21,22,25). The minimum Gasteiger partial charge on any atom is -0.482 e. The second-order valence-electron chi connectivity index (χ2n) is 6.56. The molecule has 27 heavy (non-hydrogen) atoms. The predicted octanol–water partition coefficient (Wildman–Crippen LogP) is 4.32. The number of ether oxygens (including phenoxy) is 1. The van der Waals surface area contributed by atoms with Crippen LogP contribution in [0.2, 0.25) is 0 Å². The van der Waals surface area contributed by atoms with Crippen LogP contribution in [-0.4, -0.2) is 29.9 Å². The molecule has 0 spiro atoms. The number of hydrogen-bond donors (Lipinski definition) is 1. The number of fused-ring (bicyclic) bond motifs is 1. The lowest BCUT2D eigenvalue weighted by molar-refractivity contribution is -0.121. The summed E-state index contributed by atoms with van der Waals surface area (Å²) in [7, 11) is 0. The van der Waals surface area contributed by atoms with E-state index in [0.717, 1.165) is 36.2 Å². The molecule has 0 atom stereocenters. The van der Waals surface area contributed by atoms with E-state index in [-0.39, 0.29) is 24.3 Å². The van der Waals surface area contributed by atoms with Gasteiger partial charge in [0.25, 0.3) is 5.91 Å². The maximum atomic E-state index is 12.3. The molecule has 0 saturated carbocycles. The Bertz CT molecular complexity index is 830. The molecule has 1 aromatic heterocycles. The highest BCUT2D eigenvalue weighted by Crippen LogP contribution is 2.37. The summed E-state index contributed by atoms with van der Waals surface area (Å²) in [5.74, 6) is 0.702. The van der Waals surface area contributed by atoms with E-state index < -0.39 is 0 Å². The number of hydrogen-bond acceptors (Lipinski definition) is 5. The molecule has 144 valence electrons. The predicted molar refractivity (Wildman–Crippen MR) is 108 cm³/mol. The molecule has 3 rings (SSSR count). The quantitative estimate of drug-likeness (QED) is 0.768. The summed E-state index contributed by atoms with van der Waals surface area (Å²) in [5.41, 5.74) is 2.45. The van der Waals surface area contributed by atoms with Crippen LogP contribution in [0.25, 0.3) is 11.3 Å². The molecule has 0 radical (unpaired) electrons. The molecule has 0 unspecified atom stereocenters. The number of nitrogens with one attached hydrogen (secondary N) is 1. The van der Waals surface area contributed by atoms with Gasteiger partial charge in [-0.15, -0.1) is 11.3 Å². The van der Waals surface area contributed by atoms with Crippen molar-refractivity contribution in [2.45, 2.75) is 40.0 Å². The Balaban J connectivity index is 1.83. The van der Waals surface area contributed by atoms with Crippen LogP contribution in [0.1, 0.15) is 40.0 Å². The van der Waals surface area contributed by atoms with E-state index >= 15 is 0 Å². The van der Waals surface area contributed by atoms with E-state index in [1.54, 1.807) is 4.90 Å². The van der Waals surface area contributed by atoms with Gasteiger partial charge < -0.3 is 15.0 Å². The zero-order valence-electron chi connectivity index (χ0n) is 15.9. The SMILES string of the molecule is CCCN1C(=O)COc2ccc(-c3csc(NC(=O)C(CC)CC)n3)cc21. The van der Waals surface area contributed by atoms with Gasteiger partial charge in [0, 0.05) is 23.4 Å². The van der Waals surface area contributed by atoms with Crippen LogP contribution in [0.5, 0.6) is 5.75 Å². The molecule has 0 bridgehead atoms. The Labute approximate surface area is 163 Å². The summed E-state index contributed by atoms with van der Waals surface area (Å²) >= 11 is 1.41. The van der Waals surface area contributed by atoms with Gasteiger partial charge in [0.2, 0.25) is 5.91 Å². The molecule has 2 heterocycles. The minimum atomic E-state index is -0.0297. The Morgan fingerprint density at radius 3 is 2.81 bits per heavy atom. The fourth-order valence-electron chi connectivity index (χ4n) is 3.16. The summed E-state index contributed by atoms with van der Waals surface area (Å²) in [6.07, 6.45) is 2.50. The molecule has 1 aliphatic heterocycles. The van der Waals surface area contributed by atoms with Crippen LogP contribution in [0.3, 0.4) is 0 Å². The van der Waals surface area contributed by atoms with Crippen LogP contribution in [0, 0.1) is 5.92 Å². The maximum Gasteiger partial charge on any atom is 0.265 e. The monoisotopic (exact) mass is 387 g/mol. The summed E-state index contributed by atoms with van der Waals surface area (Å²) in [4.78, 5) is 30.8. The highest BCUT2D eigenvalue weighted by molar-refractivity contribution is 7.14. The largest absolute Gasteiger partial charge is 0.482 e. The van der Waals surface area contributed by atoms with Gasteiger partial charge >= 0.3 is 0 Å². The van der Waals surface area contributed by atoms with Crippen molar-refractivity contribution in [2.75, 3.05) is 23.4 Å². The zero-order valence-corrected chi connectivity index (χ0v) is 16.8. The van der Waals surface area contributed by atoms with Gasteiger partial charge in [0.15, 0.2) is 11.7 Å². The number of thiazole rings is 1. The number of rotatable bonds is 7. The van der Waals surface area contributed by atoms with Crippen molar-refractivity contribution >= 4 is 34.0 Å². The van der Waals surface area contributed by atoms with Crippen LogP contribution in [0.4, 0.5) is 10.8 Å². The third-order valence-electron chi connectivity index (χ3n) is 4.74. The molecular formula is C20H25N3O3S. The molecule has 0 saturated heterocycles. The lowest BCUT2D eigenvalue weighted by Gasteiger charge is -2.29. The van der Waals surface area contributed by atoms with E-state index in [1.165, 1.54) is 11.3 Å². The van der Waals surface area contributed by atoms with Gasteiger partial charge in [-0.3, -0.25) is 9.59 Å². The number of carbonyl (C=O) groups excluding carboxylic acids is 2. The number of benzene rings is 1. The highest BCUT2D eigenvalue weighted by atomic mass is 32.1. The summed E-state index contributed by atoms with van der Waals surface area (Å²) in [5, 5.41) is 5.42. The van der Waals surface area contributed by atoms with E-state index in [4.69, 9.17) is 4.74 Å². The lowest BCUT2D eigenvalue weighted by atomic mass is 10.0. The smallest absolute Gasteiger partial charge is 0.265 e. The zero-order chi connectivity index (χ0) is 19.4. The normalized spacial score (nSPS) is 13.5. The number of carbonyl (C=O) groups is 2. The molecule has 2 amide bonds. The van der Waals surface area contributed by atoms with Gasteiger partial charge in [-0.1, -0.05) is 20.8 Å². The van der Waals surface area contributed by atoms with Crippen LogP contribution in [0.15, 0.2) is 23.6 Å². The van der Waals surface area contributed by atoms with Crippen molar-refractivity contribution in [3.05, 3.63) is 23.6 Å². The first-order valence-electron chi connectivity index (χ1n) is 9.41. The number of aromatic nitrogens is 1. The summed E-state index contributed by atoms with van der Waals surface area (Å²) in [6.45, 7) is 6.81. The van der Waals surface area contributed by atoms with Gasteiger partial charge in [-0.25, -0.2) is 4.98 Å². The van der Waals surface area contributed by atoms with E-state index in [0.29, 0.717) is 17.4 Å². The molecule has 7 heteroatoms. The third kappa shape index (κ3) is 4.13. The molecule has 0 fully saturated rings. The topological polar surface area (TPSA) is 71.5 Å². The van der Waals surface area contributed by atoms with E-state index in [9.17, 15) is 9.59 Å². The Kier molecular flexibility index (Phi) is 6.11. The Morgan fingerprint density at radius 1 is 1.33 bits per heavy atom. The van der Waals surface area contributed by atoms with E-state index in [1.807, 2.05) is 44.4 Å². The summed E-state index contributed by atoms with van der Waals surface area (Å²) < 4.78 is 5.55. The van der Waals surface area contributed by atoms with E-state index in [2.05, 4.69) is 10.3 Å². The van der Waals surface area contributed by atoms with Crippen molar-refractivity contribution in [3.8, 4) is 17.0 Å². The molecule has 0 aliphatic carbocycles. The fourth-order valence-corrected chi connectivity index (χ4v) is 3.88. The molecule has 1 aromatic carbocycles. The molecule has 2 aromatic rings. The maximum absolute atomic E-state index is 12.3. The number of amides is 2. The fraction of sp³-hybridized carbons (Fsp3) is 0.450. The second kappa shape index (κ2) is 8.52. The average Bonchev–Trinajstić information content (AvgIpc) is 3.13. The van der Waals surface area contributed by atoms with Gasteiger partial charge in [-0.05, 0) is 37.5 Å². The molecule has 1 aliphatic rings. The van der Waals surface area contributed by atoms with Gasteiger partial charge in [0.1, 0.15) is 5.75 Å². The second-order valence-corrected chi connectivity index (χ2v) is 7.42. The average molecular weight is 388 g/mol. The van der Waals surface area contributed by atoms with Crippen molar-refractivity contribution in [1.82, 2.24) is 4.98 Å². The number of nitrogens with zero attached hydrogens (tertiary/aromatic N) is 2. The van der Waals surface area contributed by atoms with Gasteiger partial charge in [-0.2, -0.15) is 0 Å². The number of anilines is 2. The molecular weight excluding hydrogens is 362 g/mol. The Morgan fingerprint density at radius 2 is 2.11 bits per heavy atom. The van der Waals surface area contributed by atoms with Crippen molar-refractivity contribution < 1.29 is 14.3 Å². The third-order valence-corrected chi connectivity index (χ3v) is 5.49. The first-order valence-corrected chi connectivity index (χ1v) is 10.3. The van der Waals surface area contributed by atoms with Crippen molar-refractivity contribution in [3.63, 3.8) is 0 Å². The van der Waals surface area contributed by atoms with Crippen LogP contribution >= 0.6 is 11.3 Å². The van der Waals surface area contributed by atoms with Crippen molar-refractivity contribution in [2.24, 2.45) is 5.92 Å². The van der Waals surface area contributed by atoms with Crippen molar-refractivity contribution in [1.29, 1.82) is 0 Å². The first-order chi connectivity index (χ1) is 13.1. The molecule has 6 nitrogen and oxygen atoms in total.